The van der Waals surface area contributed by atoms with Crippen molar-refractivity contribution in [3.05, 3.63) is 71.3 Å². The highest BCUT2D eigenvalue weighted by molar-refractivity contribution is 5.98. The Labute approximate surface area is 118 Å². The molecule has 1 aliphatic heterocycles. The van der Waals surface area contributed by atoms with Crippen LogP contribution in [0.25, 0.3) is 0 Å². The predicted octanol–water partition coefficient (Wildman–Crippen LogP) is 2.25. The van der Waals surface area contributed by atoms with E-state index in [0.29, 0.717) is 13.0 Å². The highest BCUT2D eigenvalue weighted by atomic mass is 16.3. The average molecular weight is 267 g/mol. The Morgan fingerprint density at radius 1 is 1.05 bits per heavy atom. The van der Waals surface area contributed by atoms with E-state index >= 15 is 0 Å². The molecule has 1 N–H and O–H groups in total. The molecule has 0 bridgehead atoms. The fourth-order valence-electron chi connectivity index (χ4n) is 2.73. The van der Waals surface area contributed by atoms with Crippen molar-refractivity contribution in [2.24, 2.45) is 0 Å². The molecule has 1 atom stereocenters. The van der Waals surface area contributed by atoms with E-state index in [0.717, 1.165) is 16.7 Å². The monoisotopic (exact) mass is 267 g/mol. The van der Waals surface area contributed by atoms with Crippen molar-refractivity contribution in [1.29, 1.82) is 0 Å². The largest absolute Gasteiger partial charge is 0.394 e. The molecule has 1 aliphatic rings. The smallest absolute Gasteiger partial charge is 0.254 e. The summed E-state index contributed by atoms with van der Waals surface area (Å²) < 4.78 is 0. The Hall–Kier alpha value is -2.13. The molecule has 3 nitrogen and oxygen atoms in total. The molecule has 3 rings (SSSR count). The average Bonchev–Trinajstić information content (AvgIpc) is 2.83. The molecule has 0 radical (unpaired) electrons. The van der Waals surface area contributed by atoms with E-state index in [2.05, 4.69) is 0 Å². The van der Waals surface area contributed by atoms with Gasteiger partial charge in [0.25, 0.3) is 5.91 Å². The number of amides is 1. The summed E-state index contributed by atoms with van der Waals surface area (Å²) in [5.41, 5.74) is 2.94. The number of rotatable bonds is 4. The molecule has 3 heteroatoms. The lowest BCUT2D eigenvalue weighted by atomic mass is 10.1. The van der Waals surface area contributed by atoms with Gasteiger partial charge in [-0.05, 0) is 23.6 Å². The second-order valence-electron chi connectivity index (χ2n) is 5.12. The van der Waals surface area contributed by atoms with Crippen LogP contribution < -0.4 is 0 Å². The van der Waals surface area contributed by atoms with Crippen LogP contribution in [-0.2, 0) is 13.0 Å². The van der Waals surface area contributed by atoms with Gasteiger partial charge in [0.2, 0.25) is 0 Å². The second kappa shape index (κ2) is 5.47. The van der Waals surface area contributed by atoms with Gasteiger partial charge in [-0.2, -0.15) is 0 Å². The molecule has 2 aromatic rings. The molecule has 1 heterocycles. The standard InChI is InChI=1S/C17H17NO2/c19-12-15(10-13-6-2-1-3-7-13)18-11-14-8-4-5-9-16(14)17(18)20/h1-9,15,19H,10-12H2. The molecule has 0 saturated heterocycles. The van der Waals surface area contributed by atoms with Crippen LogP contribution in [0.4, 0.5) is 0 Å². The first-order chi connectivity index (χ1) is 9.79. The van der Waals surface area contributed by atoms with E-state index in [9.17, 15) is 9.90 Å². The summed E-state index contributed by atoms with van der Waals surface area (Å²) in [4.78, 5) is 14.2. The van der Waals surface area contributed by atoms with Crippen LogP contribution in [0.3, 0.4) is 0 Å². The first-order valence-electron chi connectivity index (χ1n) is 6.83. The lowest BCUT2D eigenvalue weighted by molar-refractivity contribution is 0.0618. The van der Waals surface area contributed by atoms with Gasteiger partial charge in [0.05, 0.1) is 12.6 Å². The summed E-state index contributed by atoms with van der Waals surface area (Å²) in [5, 5.41) is 9.65. The maximum atomic E-state index is 12.4. The minimum atomic E-state index is -0.169. The van der Waals surface area contributed by atoms with Crippen LogP contribution in [0.2, 0.25) is 0 Å². The van der Waals surface area contributed by atoms with E-state index in [4.69, 9.17) is 0 Å². The summed E-state index contributed by atoms with van der Waals surface area (Å²) in [6.07, 6.45) is 0.678. The number of nitrogens with zero attached hydrogens (tertiary/aromatic N) is 1. The van der Waals surface area contributed by atoms with Crippen molar-refractivity contribution < 1.29 is 9.90 Å². The lowest BCUT2D eigenvalue weighted by Crippen LogP contribution is -2.39. The number of fused-ring (bicyclic) bond motifs is 1. The van der Waals surface area contributed by atoms with Gasteiger partial charge in [-0.3, -0.25) is 4.79 Å². The van der Waals surface area contributed by atoms with Crippen molar-refractivity contribution in [3.8, 4) is 0 Å². The van der Waals surface area contributed by atoms with Gasteiger partial charge in [-0.1, -0.05) is 48.5 Å². The first kappa shape index (κ1) is 12.9. The van der Waals surface area contributed by atoms with Gasteiger partial charge in [0.15, 0.2) is 0 Å². The fourth-order valence-corrected chi connectivity index (χ4v) is 2.73. The van der Waals surface area contributed by atoms with Crippen molar-refractivity contribution in [2.75, 3.05) is 6.61 Å². The Bertz CT molecular complexity index is 609. The molecule has 102 valence electrons. The minimum absolute atomic E-state index is 0.0192. The number of carbonyl (C=O) groups is 1. The van der Waals surface area contributed by atoms with Gasteiger partial charge in [-0.25, -0.2) is 0 Å². The Morgan fingerprint density at radius 2 is 1.75 bits per heavy atom. The van der Waals surface area contributed by atoms with Gasteiger partial charge in [0.1, 0.15) is 0 Å². The molecular formula is C17H17NO2. The summed E-state index contributed by atoms with van der Waals surface area (Å²) >= 11 is 0. The maximum Gasteiger partial charge on any atom is 0.254 e. The Morgan fingerprint density at radius 3 is 2.45 bits per heavy atom. The molecule has 1 unspecified atom stereocenters. The number of aliphatic hydroxyl groups excluding tert-OH is 1. The van der Waals surface area contributed by atoms with Crippen molar-refractivity contribution >= 4 is 5.91 Å². The molecule has 2 aromatic carbocycles. The SMILES string of the molecule is O=C1c2ccccc2CN1C(CO)Cc1ccccc1. The number of hydrogen-bond acceptors (Lipinski definition) is 2. The molecule has 0 saturated carbocycles. The van der Waals surface area contributed by atoms with E-state index in [1.807, 2.05) is 54.6 Å². The number of carbonyl (C=O) groups excluding carboxylic acids is 1. The van der Waals surface area contributed by atoms with Crippen LogP contribution in [0.1, 0.15) is 21.5 Å². The zero-order valence-electron chi connectivity index (χ0n) is 11.2. The number of hydrogen-bond donors (Lipinski definition) is 1. The second-order valence-corrected chi connectivity index (χ2v) is 5.12. The third-order valence-corrected chi connectivity index (χ3v) is 3.81. The summed E-state index contributed by atoms with van der Waals surface area (Å²) in [6, 6.07) is 17.5. The summed E-state index contributed by atoms with van der Waals surface area (Å²) in [5.74, 6) is 0.0237. The molecule has 0 aromatic heterocycles. The summed E-state index contributed by atoms with van der Waals surface area (Å²) in [7, 11) is 0. The quantitative estimate of drug-likeness (QED) is 0.923. The molecular weight excluding hydrogens is 250 g/mol. The zero-order valence-corrected chi connectivity index (χ0v) is 11.2. The minimum Gasteiger partial charge on any atom is -0.394 e. The van der Waals surface area contributed by atoms with Gasteiger partial charge >= 0.3 is 0 Å². The van der Waals surface area contributed by atoms with Crippen LogP contribution in [0, 0.1) is 0 Å². The Kier molecular flexibility index (Phi) is 3.52. The highest BCUT2D eigenvalue weighted by Crippen LogP contribution is 2.25. The third-order valence-electron chi connectivity index (χ3n) is 3.81. The van der Waals surface area contributed by atoms with Crippen LogP contribution in [0.5, 0.6) is 0 Å². The van der Waals surface area contributed by atoms with Gasteiger partial charge in [-0.15, -0.1) is 0 Å². The van der Waals surface area contributed by atoms with Crippen molar-refractivity contribution in [3.63, 3.8) is 0 Å². The van der Waals surface area contributed by atoms with E-state index in [1.165, 1.54) is 0 Å². The highest BCUT2D eigenvalue weighted by Gasteiger charge is 2.31. The molecule has 0 fully saturated rings. The molecule has 1 amide bonds. The number of benzene rings is 2. The fraction of sp³-hybridized carbons (Fsp3) is 0.235. The van der Waals surface area contributed by atoms with Crippen LogP contribution in [-0.4, -0.2) is 28.6 Å². The third kappa shape index (κ3) is 2.32. The zero-order chi connectivity index (χ0) is 13.9. The summed E-state index contributed by atoms with van der Waals surface area (Å²) in [6.45, 7) is 0.571. The van der Waals surface area contributed by atoms with E-state index in [-0.39, 0.29) is 18.6 Å². The predicted molar refractivity (Wildman–Crippen MR) is 77.3 cm³/mol. The van der Waals surface area contributed by atoms with Crippen molar-refractivity contribution in [2.45, 2.75) is 19.0 Å². The molecule has 0 aliphatic carbocycles. The van der Waals surface area contributed by atoms with E-state index in [1.54, 1.807) is 4.90 Å². The maximum absolute atomic E-state index is 12.4. The molecule has 0 spiro atoms. The first-order valence-corrected chi connectivity index (χ1v) is 6.83. The van der Waals surface area contributed by atoms with Gasteiger partial charge < -0.3 is 10.0 Å². The number of aliphatic hydroxyl groups is 1. The lowest BCUT2D eigenvalue weighted by Gasteiger charge is -2.26. The topological polar surface area (TPSA) is 40.5 Å². The van der Waals surface area contributed by atoms with Gasteiger partial charge in [0, 0.05) is 12.1 Å². The van der Waals surface area contributed by atoms with Crippen molar-refractivity contribution in [1.82, 2.24) is 4.90 Å². The van der Waals surface area contributed by atoms with Crippen LogP contribution >= 0.6 is 0 Å². The Balaban J connectivity index is 1.80. The molecule has 20 heavy (non-hydrogen) atoms. The van der Waals surface area contributed by atoms with Crippen LogP contribution in [0.15, 0.2) is 54.6 Å². The normalized spacial score (nSPS) is 15.2. The van der Waals surface area contributed by atoms with E-state index < -0.39 is 0 Å².